The van der Waals surface area contributed by atoms with E-state index in [4.69, 9.17) is 4.74 Å². The monoisotopic (exact) mass is 323 g/mol. The van der Waals surface area contributed by atoms with Crippen molar-refractivity contribution in [3.8, 4) is 0 Å². The number of hydrogen-bond acceptors (Lipinski definition) is 7. The maximum absolute atomic E-state index is 12.3. The molecule has 1 saturated carbocycles. The molecule has 3 fully saturated rings. The number of nitrogens with one attached hydrogen (secondary N) is 1. The summed E-state index contributed by atoms with van der Waals surface area (Å²) in [7, 11) is 1.10. The van der Waals surface area contributed by atoms with Crippen molar-refractivity contribution in [3.63, 3.8) is 0 Å². The van der Waals surface area contributed by atoms with Gasteiger partial charge in [-0.15, -0.1) is 0 Å². The lowest BCUT2D eigenvalue weighted by atomic mass is 9.53. The Morgan fingerprint density at radius 3 is 2.78 bits per heavy atom. The number of aliphatic hydroxyl groups is 2. The number of methoxy groups -OCH3 is 1. The minimum absolute atomic E-state index is 0.00428. The summed E-state index contributed by atoms with van der Waals surface area (Å²) in [5.41, 5.74) is -4.03. The smallest absolute Gasteiger partial charge is 0.367 e. The number of ketones is 1. The first-order valence-corrected chi connectivity index (χ1v) is 7.40. The number of esters is 1. The lowest BCUT2D eigenvalue weighted by molar-refractivity contribution is -0.249. The van der Waals surface area contributed by atoms with Crippen molar-refractivity contribution in [3.05, 3.63) is 11.6 Å². The van der Waals surface area contributed by atoms with Crippen molar-refractivity contribution in [2.24, 2.45) is 10.8 Å². The van der Waals surface area contributed by atoms with E-state index < -0.39 is 40.2 Å². The number of amides is 1. The maximum atomic E-state index is 12.3. The van der Waals surface area contributed by atoms with Crippen LogP contribution in [0.25, 0.3) is 0 Å². The molecule has 0 radical (unpaired) electrons. The Hall–Kier alpha value is -1.77. The maximum Gasteiger partial charge on any atom is 0.367 e. The van der Waals surface area contributed by atoms with Crippen LogP contribution in [0.3, 0.4) is 0 Å². The average molecular weight is 323 g/mol. The molecule has 8 heteroatoms. The van der Waals surface area contributed by atoms with Gasteiger partial charge >= 0.3 is 5.97 Å². The van der Waals surface area contributed by atoms with Gasteiger partial charge in [-0.1, -0.05) is 6.92 Å². The van der Waals surface area contributed by atoms with Crippen molar-refractivity contribution in [1.29, 1.82) is 0 Å². The molecule has 0 aromatic heterocycles. The number of allylic oxidation sites excluding steroid dienone is 1. The molecule has 2 heterocycles. The van der Waals surface area contributed by atoms with Crippen LogP contribution in [0.4, 0.5) is 0 Å². The molecular weight excluding hydrogens is 306 g/mol. The number of carbonyl (C=O) groups is 3. The van der Waals surface area contributed by atoms with E-state index in [1.54, 1.807) is 6.92 Å². The van der Waals surface area contributed by atoms with E-state index in [9.17, 15) is 24.6 Å². The molecule has 2 aliphatic carbocycles. The molecule has 0 aromatic rings. The Kier molecular flexibility index (Phi) is 2.46. The number of carbonyl (C=O) groups excluding carboxylic acids is 3. The summed E-state index contributed by atoms with van der Waals surface area (Å²) in [5.74, 6) is -4.34. The Labute approximate surface area is 131 Å². The largest absolute Gasteiger partial charge is 0.465 e. The summed E-state index contributed by atoms with van der Waals surface area (Å²) in [5, 5.41) is 24.6. The minimum Gasteiger partial charge on any atom is -0.465 e. The van der Waals surface area contributed by atoms with Gasteiger partial charge < -0.3 is 25.0 Å². The van der Waals surface area contributed by atoms with Gasteiger partial charge in [0.2, 0.25) is 0 Å². The molecule has 8 nitrogen and oxygen atoms in total. The second kappa shape index (κ2) is 3.82. The molecule has 1 amide bonds. The van der Waals surface area contributed by atoms with Crippen LogP contribution in [-0.2, 0) is 23.9 Å². The van der Waals surface area contributed by atoms with Gasteiger partial charge in [0.15, 0.2) is 11.4 Å². The predicted octanol–water partition coefficient (Wildman–Crippen LogP) is -1.60. The van der Waals surface area contributed by atoms with E-state index >= 15 is 0 Å². The Morgan fingerprint density at radius 1 is 1.43 bits per heavy atom. The number of rotatable bonds is 1. The third-order valence-electron chi connectivity index (χ3n) is 6.10. The first kappa shape index (κ1) is 14.8. The van der Waals surface area contributed by atoms with Crippen molar-refractivity contribution in [2.75, 3.05) is 13.7 Å². The molecule has 124 valence electrons. The van der Waals surface area contributed by atoms with Crippen LogP contribution in [-0.4, -0.2) is 59.0 Å². The lowest BCUT2D eigenvalue weighted by Crippen LogP contribution is -2.62. The SMILES string of the molecule is COC(=O)[C@@]1(O)O[C@@H]2C[C@]13CC(=O)C=C3[C@]1(C)CNC(=O)[C@]21O. The summed E-state index contributed by atoms with van der Waals surface area (Å²) in [6.45, 7) is 1.74. The van der Waals surface area contributed by atoms with Gasteiger partial charge in [-0.3, -0.25) is 9.59 Å². The topological polar surface area (TPSA) is 122 Å². The third kappa shape index (κ3) is 1.25. The highest BCUT2D eigenvalue weighted by Crippen LogP contribution is 2.69. The van der Waals surface area contributed by atoms with Gasteiger partial charge in [-0.2, -0.15) is 0 Å². The normalized spacial score (nSPS) is 50.3. The molecule has 2 bridgehead atoms. The summed E-state index contributed by atoms with van der Waals surface area (Å²) < 4.78 is 10.2. The Balaban J connectivity index is 2.00. The molecule has 5 atom stereocenters. The predicted molar refractivity (Wildman–Crippen MR) is 72.7 cm³/mol. The molecule has 2 saturated heterocycles. The van der Waals surface area contributed by atoms with Gasteiger partial charge in [0.25, 0.3) is 11.7 Å². The fourth-order valence-corrected chi connectivity index (χ4v) is 4.92. The van der Waals surface area contributed by atoms with Crippen LogP contribution in [0.2, 0.25) is 0 Å². The zero-order valence-electron chi connectivity index (χ0n) is 12.7. The minimum atomic E-state index is -2.40. The van der Waals surface area contributed by atoms with Crippen molar-refractivity contribution < 1.29 is 34.1 Å². The lowest BCUT2D eigenvalue weighted by Gasteiger charge is -2.49. The van der Waals surface area contributed by atoms with Crippen molar-refractivity contribution in [2.45, 2.75) is 37.3 Å². The number of hydrogen-bond donors (Lipinski definition) is 3. The highest BCUT2D eigenvalue weighted by Gasteiger charge is 2.82. The standard InChI is InChI=1S/C15H17NO7/c1-12-6-16-10(18)14(12,20)9-5-13(4-7(17)3-8(12)13)15(21,23-9)11(19)22-2/h3,9,20-21H,4-6H2,1-2H3,(H,16,18)/t9-,12+,13+,14-,15-/m1/s1. The fraction of sp³-hybridized carbons (Fsp3) is 0.667. The number of ether oxygens (including phenoxy) is 2. The van der Waals surface area contributed by atoms with E-state index in [1.165, 1.54) is 6.08 Å². The molecule has 0 aromatic carbocycles. The first-order valence-electron chi connectivity index (χ1n) is 7.40. The second-order valence-corrected chi connectivity index (χ2v) is 7.01. The molecule has 4 rings (SSSR count). The van der Waals surface area contributed by atoms with Gasteiger partial charge in [0.05, 0.1) is 12.5 Å². The Bertz CT molecular complexity index is 702. The highest BCUT2D eigenvalue weighted by atomic mass is 16.7. The summed E-state index contributed by atoms with van der Waals surface area (Å²) in [4.78, 5) is 36.6. The Morgan fingerprint density at radius 2 is 2.13 bits per heavy atom. The second-order valence-electron chi connectivity index (χ2n) is 7.01. The van der Waals surface area contributed by atoms with E-state index in [-0.39, 0.29) is 25.2 Å². The fourth-order valence-electron chi connectivity index (χ4n) is 4.92. The highest BCUT2D eigenvalue weighted by molar-refractivity contribution is 6.00. The number of fused-ring (bicyclic) bond motifs is 4. The van der Waals surface area contributed by atoms with Gasteiger partial charge in [-0.25, -0.2) is 4.79 Å². The third-order valence-corrected chi connectivity index (χ3v) is 6.10. The van der Waals surface area contributed by atoms with Gasteiger partial charge in [0.1, 0.15) is 6.10 Å². The molecule has 1 spiro atoms. The van der Waals surface area contributed by atoms with E-state index in [0.717, 1.165) is 7.11 Å². The summed E-state index contributed by atoms with van der Waals surface area (Å²) in [6, 6.07) is 0. The average Bonchev–Trinajstić information content (AvgIpc) is 3.08. The first-order chi connectivity index (χ1) is 10.7. The summed E-state index contributed by atoms with van der Waals surface area (Å²) >= 11 is 0. The zero-order valence-corrected chi connectivity index (χ0v) is 12.7. The molecule has 4 aliphatic rings. The van der Waals surface area contributed by atoms with Crippen LogP contribution in [0.15, 0.2) is 11.6 Å². The molecule has 23 heavy (non-hydrogen) atoms. The van der Waals surface area contributed by atoms with Crippen LogP contribution in [0, 0.1) is 10.8 Å². The van der Waals surface area contributed by atoms with Crippen LogP contribution in [0.5, 0.6) is 0 Å². The summed E-state index contributed by atoms with van der Waals surface area (Å²) in [6.07, 6.45) is 0.0893. The van der Waals surface area contributed by atoms with Gasteiger partial charge in [0, 0.05) is 18.4 Å². The van der Waals surface area contributed by atoms with Crippen molar-refractivity contribution >= 4 is 17.7 Å². The van der Waals surface area contributed by atoms with Crippen LogP contribution < -0.4 is 5.32 Å². The van der Waals surface area contributed by atoms with E-state index in [1.807, 2.05) is 0 Å². The quantitative estimate of drug-likeness (QED) is 0.497. The van der Waals surface area contributed by atoms with Crippen LogP contribution in [0.1, 0.15) is 19.8 Å². The van der Waals surface area contributed by atoms with Gasteiger partial charge in [-0.05, 0) is 18.1 Å². The molecule has 0 unspecified atom stereocenters. The van der Waals surface area contributed by atoms with E-state index in [2.05, 4.69) is 10.1 Å². The molecule has 2 aliphatic heterocycles. The zero-order chi connectivity index (χ0) is 16.8. The molecular formula is C15H17NO7. The van der Waals surface area contributed by atoms with Crippen LogP contribution >= 0.6 is 0 Å². The van der Waals surface area contributed by atoms with Crippen molar-refractivity contribution in [1.82, 2.24) is 5.32 Å². The molecule has 3 N–H and O–H groups in total. The van der Waals surface area contributed by atoms with E-state index in [0.29, 0.717) is 5.57 Å².